The smallest absolute Gasteiger partial charge is 0.123 e. The van der Waals surface area contributed by atoms with Crippen molar-refractivity contribution in [3.63, 3.8) is 0 Å². The molecule has 0 saturated carbocycles. The third kappa shape index (κ3) is 4.23. The summed E-state index contributed by atoms with van der Waals surface area (Å²) in [5.74, 6) is 0.915. The van der Waals surface area contributed by atoms with Crippen LogP contribution in [0.15, 0.2) is 48.5 Å². The number of hydrogen-bond donors (Lipinski definition) is 1. The first kappa shape index (κ1) is 15.9. The quantitative estimate of drug-likeness (QED) is 0.805. The zero-order valence-corrected chi connectivity index (χ0v) is 13.4. The summed E-state index contributed by atoms with van der Waals surface area (Å²) in [5.41, 5.74) is 2.33. The van der Waals surface area contributed by atoms with Gasteiger partial charge in [-0.3, -0.25) is 0 Å². The van der Waals surface area contributed by atoms with Gasteiger partial charge in [-0.15, -0.1) is 0 Å². The first-order valence-corrected chi connectivity index (χ1v) is 7.73. The van der Waals surface area contributed by atoms with Gasteiger partial charge in [0.15, 0.2) is 0 Å². The fourth-order valence-corrected chi connectivity index (χ4v) is 2.66. The highest BCUT2D eigenvalue weighted by molar-refractivity contribution is 6.31. The van der Waals surface area contributed by atoms with Crippen LogP contribution in [-0.4, -0.2) is 13.7 Å². The molecule has 0 spiro atoms. The lowest BCUT2D eigenvalue weighted by Gasteiger charge is -2.22. The molecule has 2 aromatic carbocycles. The van der Waals surface area contributed by atoms with Crippen LogP contribution in [0.3, 0.4) is 0 Å². The topological polar surface area (TPSA) is 21.3 Å². The number of nitrogens with one attached hydrogen (secondary N) is 1. The van der Waals surface area contributed by atoms with Crippen LogP contribution in [0.4, 0.5) is 0 Å². The standard InChI is InChI=1S/C18H22ClNO/c1-3-12-20-17(13-14-8-4-6-10-16(14)19)15-9-5-7-11-18(15)21-2/h4-11,17,20H,3,12-13H2,1-2H3. The van der Waals surface area contributed by atoms with Crippen LogP contribution in [0, 0.1) is 0 Å². The third-order valence-electron chi connectivity index (χ3n) is 3.54. The molecule has 3 heteroatoms. The lowest BCUT2D eigenvalue weighted by Crippen LogP contribution is -2.24. The van der Waals surface area contributed by atoms with Crippen LogP contribution in [0.25, 0.3) is 0 Å². The van der Waals surface area contributed by atoms with Crippen LogP contribution in [-0.2, 0) is 6.42 Å². The van der Waals surface area contributed by atoms with Crippen molar-refractivity contribution in [3.05, 3.63) is 64.7 Å². The lowest BCUT2D eigenvalue weighted by molar-refractivity contribution is 0.398. The molecule has 1 atom stereocenters. The van der Waals surface area contributed by atoms with Gasteiger partial charge in [-0.2, -0.15) is 0 Å². The molecule has 0 saturated heterocycles. The molecule has 2 rings (SSSR count). The maximum Gasteiger partial charge on any atom is 0.123 e. The van der Waals surface area contributed by atoms with Crippen molar-refractivity contribution in [2.75, 3.05) is 13.7 Å². The van der Waals surface area contributed by atoms with E-state index in [0.29, 0.717) is 0 Å². The van der Waals surface area contributed by atoms with E-state index < -0.39 is 0 Å². The van der Waals surface area contributed by atoms with Crippen molar-refractivity contribution in [2.45, 2.75) is 25.8 Å². The molecule has 1 unspecified atom stereocenters. The van der Waals surface area contributed by atoms with Gasteiger partial charge in [0.2, 0.25) is 0 Å². The van der Waals surface area contributed by atoms with E-state index in [4.69, 9.17) is 16.3 Å². The maximum absolute atomic E-state index is 6.30. The Kier molecular flexibility index (Phi) is 6.09. The number of para-hydroxylation sites is 1. The molecule has 0 heterocycles. The van der Waals surface area contributed by atoms with Crippen molar-refractivity contribution in [3.8, 4) is 5.75 Å². The largest absolute Gasteiger partial charge is 0.496 e. The summed E-state index contributed by atoms with van der Waals surface area (Å²) < 4.78 is 5.50. The molecule has 21 heavy (non-hydrogen) atoms. The van der Waals surface area contributed by atoms with Gasteiger partial charge in [-0.25, -0.2) is 0 Å². The minimum absolute atomic E-state index is 0.195. The van der Waals surface area contributed by atoms with Crippen molar-refractivity contribution >= 4 is 11.6 Å². The Balaban J connectivity index is 2.28. The summed E-state index contributed by atoms with van der Waals surface area (Å²) in [4.78, 5) is 0. The summed E-state index contributed by atoms with van der Waals surface area (Å²) in [7, 11) is 1.71. The molecule has 0 amide bonds. The second-order valence-corrected chi connectivity index (χ2v) is 5.45. The molecule has 112 valence electrons. The van der Waals surface area contributed by atoms with E-state index in [1.807, 2.05) is 36.4 Å². The highest BCUT2D eigenvalue weighted by atomic mass is 35.5. The number of methoxy groups -OCH3 is 1. The van der Waals surface area contributed by atoms with Crippen LogP contribution in [0.5, 0.6) is 5.75 Å². The predicted molar refractivity (Wildman–Crippen MR) is 89.2 cm³/mol. The van der Waals surface area contributed by atoms with E-state index in [2.05, 4.69) is 24.4 Å². The van der Waals surface area contributed by atoms with Crippen molar-refractivity contribution in [2.24, 2.45) is 0 Å². The Labute approximate surface area is 132 Å². The zero-order valence-electron chi connectivity index (χ0n) is 12.6. The molecule has 1 N–H and O–H groups in total. The van der Waals surface area contributed by atoms with E-state index in [9.17, 15) is 0 Å². The molecule has 0 aliphatic carbocycles. The van der Waals surface area contributed by atoms with E-state index in [1.54, 1.807) is 7.11 Å². The second-order valence-electron chi connectivity index (χ2n) is 5.04. The molecule has 0 bridgehead atoms. The molecule has 0 radical (unpaired) electrons. The van der Waals surface area contributed by atoms with Gasteiger partial charge < -0.3 is 10.1 Å². The summed E-state index contributed by atoms with van der Waals surface area (Å²) in [6.45, 7) is 3.13. The number of benzene rings is 2. The monoisotopic (exact) mass is 303 g/mol. The summed E-state index contributed by atoms with van der Waals surface area (Å²) in [6.07, 6.45) is 1.94. The Morgan fingerprint density at radius 3 is 2.52 bits per heavy atom. The second kappa shape index (κ2) is 8.06. The number of hydrogen-bond acceptors (Lipinski definition) is 2. The Morgan fingerprint density at radius 2 is 1.81 bits per heavy atom. The van der Waals surface area contributed by atoms with Crippen LogP contribution in [0.2, 0.25) is 5.02 Å². The molecule has 2 nitrogen and oxygen atoms in total. The molecule has 0 aliphatic rings. The molecular formula is C18H22ClNO. The summed E-state index contributed by atoms with van der Waals surface area (Å²) in [6, 6.07) is 16.4. The average Bonchev–Trinajstić information content (AvgIpc) is 2.53. The molecular weight excluding hydrogens is 282 g/mol. The fourth-order valence-electron chi connectivity index (χ4n) is 2.45. The van der Waals surface area contributed by atoms with Gasteiger partial charge in [0, 0.05) is 16.6 Å². The van der Waals surface area contributed by atoms with Crippen LogP contribution < -0.4 is 10.1 Å². The van der Waals surface area contributed by atoms with E-state index in [1.165, 1.54) is 5.56 Å². The van der Waals surface area contributed by atoms with Crippen molar-refractivity contribution in [1.29, 1.82) is 0 Å². The SMILES string of the molecule is CCCNC(Cc1ccccc1Cl)c1ccccc1OC. The summed E-state index contributed by atoms with van der Waals surface area (Å²) >= 11 is 6.30. The lowest BCUT2D eigenvalue weighted by atomic mass is 9.97. The van der Waals surface area contributed by atoms with Crippen LogP contribution >= 0.6 is 11.6 Å². The van der Waals surface area contributed by atoms with Crippen LogP contribution in [0.1, 0.15) is 30.5 Å². The predicted octanol–water partition coefficient (Wildman–Crippen LogP) is 4.63. The van der Waals surface area contributed by atoms with Gasteiger partial charge in [0.25, 0.3) is 0 Å². The molecule has 2 aromatic rings. The summed E-state index contributed by atoms with van der Waals surface area (Å²) in [5, 5.41) is 4.41. The van der Waals surface area contributed by atoms with Gasteiger partial charge in [-0.05, 0) is 37.1 Å². The zero-order chi connectivity index (χ0) is 15.1. The number of rotatable bonds is 7. The van der Waals surface area contributed by atoms with E-state index in [0.717, 1.165) is 35.7 Å². The fraction of sp³-hybridized carbons (Fsp3) is 0.333. The Bertz CT molecular complexity index is 571. The van der Waals surface area contributed by atoms with Crippen molar-refractivity contribution < 1.29 is 4.74 Å². The van der Waals surface area contributed by atoms with Gasteiger partial charge >= 0.3 is 0 Å². The average molecular weight is 304 g/mol. The third-order valence-corrected chi connectivity index (χ3v) is 3.91. The maximum atomic E-state index is 6.30. The van der Waals surface area contributed by atoms with Gasteiger partial charge in [-0.1, -0.05) is 54.9 Å². The molecule has 0 aliphatic heterocycles. The first-order chi connectivity index (χ1) is 10.3. The molecule has 0 aromatic heterocycles. The number of halogens is 1. The van der Waals surface area contributed by atoms with E-state index in [-0.39, 0.29) is 6.04 Å². The van der Waals surface area contributed by atoms with E-state index >= 15 is 0 Å². The highest BCUT2D eigenvalue weighted by Gasteiger charge is 2.16. The minimum atomic E-state index is 0.195. The highest BCUT2D eigenvalue weighted by Crippen LogP contribution is 2.29. The number of ether oxygens (including phenoxy) is 1. The van der Waals surface area contributed by atoms with Crippen molar-refractivity contribution in [1.82, 2.24) is 5.32 Å². The Morgan fingerprint density at radius 1 is 1.10 bits per heavy atom. The van der Waals surface area contributed by atoms with Gasteiger partial charge in [0.1, 0.15) is 5.75 Å². The normalized spacial score (nSPS) is 12.1. The van der Waals surface area contributed by atoms with Gasteiger partial charge in [0.05, 0.1) is 7.11 Å². The Hall–Kier alpha value is -1.51. The minimum Gasteiger partial charge on any atom is -0.496 e. The first-order valence-electron chi connectivity index (χ1n) is 7.36. The molecule has 0 fully saturated rings.